The Labute approximate surface area is 155 Å². The maximum Gasteiger partial charge on any atom is 0.275 e. The number of carbonyl (C=O) groups excluding carboxylic acids is 2. The van der Waals surface area contributed by atoms with Gasteiger partial charge in [0.15, 0.2) is 0 Å². The number of hydrogen-bond acceptors (Lipinski definition) is 4. The molecule has 1 heterocycles. The number of thiazole rings is 1. The Morgan fingerprint density at radius 1 is 1.04 bits per heavy atom. The molecular weight excluding hydrogens is 346 g/mol. The summed E-state index contributed by atoms with van der Waals surface area (Å²) in [6, 6.07) is 16.4. The molecule has 0 aliphatic heterocycles. The molecule has 0 saturated heterocycles. The zero-order valence-corrected chi connectivity index (χ0v) is 14.5. The number of anilines is 1. The second-order valence-electron chi connectivity index (χ2n) is 5.29. The summed E-state index contributed by atoms with van der Waals surface area (Å²) in [6.07, 6.45) is 5.16. The highest BCUT2D eigenvalue weighted by atomic mass is 32.1. The largest absolute Gasteiger partial charge is 0.341 e. The molecule has 3 rings (SSSR count). The van der Waals surface area contributed by atoms with Gasteiger partial charge in [-0.3, -0.25) is 9.59 Å². The standard InChI is InChI=1S/C20H15N3O2S/c1-2-12-21-18(24)15-10-6-7-11-16(15)22-19(25)17-13-26-20(23-17)14-8-4-3-5-9-14/h1,3-11,13H,12H2,(H,21,24)(H,22,25). The van der Waals surface area contributed by atoms with E-state index in [0.717, 1.165) is 10.6 Å². The maximum atomic E-state index is 12.5. The van der Waals surface area contributed by atoms with E-state index >= 15 is 0 Å². The molecule has 1 aromatic heterocycles. The Hall–Kier alpha value is -3.43. The van der Waals surface area contributed by atoms with Gasteiger partial charge in [0.05, 0.1) is 17.8 Å². The average Bonchev–Trinajstić information content (AvgIpc) is 3.17. The first kappa shape index (κ1) is 17.4. The second kappa shape index (κ2) is 8.10. The number of terminal acetylenes is 1. The Balaban J connectivity index is 1.78. The minimum Gasteiger partial charge on any atom is -0.341 e. The van der Waals surface area contributed by atoms with Gasteiger partial charge in [0, 0.05) is 10.9 Å². The van der Waals surface area contributed by atoms with Crippen LogP contribution in [0.25, 0.3) is 10.6 Å². The second-order valence-corrected chi connectivity index (χ2v) is 6.15. The normalized spacial score (nSPS) is 9.96. The maximum absolute atomic E-state index is 12.5. The zero-order valence-electron chi connectivity index (χ0n) is 13.7. The van der Waals surface area contributed by atoms with Crippen molar-refractivity contribution in [2.24, 2.45) is 0 Å². The SMILES string of the molecule is C#CCNC(=O)c1ccccc1NC(=O)c1csc(-c2ccccc2)n1. The van der Waals surface area contributed by atoms with Crippen LogP contribution in [0.4, 0.5) is 5.69 Å². The summed E-state index contributed by atoms with van der Waals surface area (Å²) >= 11 is 1.39. The Morgan fingerprint density at radius 2 is 1.77 bits per heavy atom. The molecule has 6 heteroatoms. The molecule has 0 spiro atoms. The summed E-state index contributed by atoms with van der Waals surface area (Å²) in [4.78, 5) is 29.1. The molecule has 2 amide bonds. The number of para-hydroxylation sites is 1. The van der Waals surface area contributed by atoms with E-state index in [1.165, 1.54) is 11.3 Å². The molecule has 0 radical (unpaired) electrons. The van der Waals surface area contributed by atoms with Gasteiger partial charge in [-0.05, 0) is 12.1 Å². The highest BCUT2D eigenvalue weighted by Crippen LogP contribution is 2.24. The third kappa shape index (κ3) is 3.97. The number of nitrogens with one attached hydrogen (secondary N) is 2. The van der Waals surface area contributed by atoms with Crippen LogP contribution in [-0.2, 0) is 0 Å². The van der Waals surface area contributed by atoms with Gasteiger partial charge in [-0.2, -0.15) is 0 Å². The fraction of sp³-hybridized carbons (Fsp3) is 0.0500. The summed E-state index contributed by atoms with van der Waals surface area (Å²) in [6.45, 7) is 0.119. The van der Waals surface area contributed by atoms with Crippen molar-refractivity contribution in [3.63, 3.8) is 0 Å². The highest BCUT2D eigenvalue weighted by Gasteiger charge is 2.16. The van der Waals surface area contributed by atoms with Crippen LogP contribution in [0.1, 0.15) is 20.8 Å². The number of nitrogens with zero attached hydrogens (tertiary/aromatic N) is 1. The monoisotopic (exact) mass is 361 g/mol. The van der Waals surface area contributed by atoms with Gasteiger partial charge < -0.3 is 10.6 Å². The highest BCUT2D eigenvalue weighted by molar-refractivity contribution is 7.13. The van der Waals surface area contributed by atoms with Crippen LogP contribution in [0.3, 0.4) is 0 Å². The predicted octanol–water partition coefficient (Wildman–Crippen LogP) is 3.43. The van der Waals surface area contributed by atoms with Crippen molar-refractivity contribution in [3.05, 3.63) is 71.2 Å². The fourth-order valence-corrected chi connectivity index (χ4v) is 3.10. The molecule has 2 N–H and O–H groups in total. The summed E-state index contributed by atoms with van der Waals surface area (Å²) in [5, 5.41) is 7.78. The Kier molecular flexibility index (Phi) is 5.42. The van der Waals surface area contributed by atoms with Gasteiger partial charge in [0.2, 0.25) is 0 Å². The predicted molar refractivity (Wildman–Crippen MR) is 103 cm³/mol. The topological polar surface area (TPSA) is 71.1 Å². The summed E-state index contributed by atoms with van der Waals surface area (Å²) < 4.78 is 0. The number of hydrogen-bond donors (Lipinski definition) is 2. The van der Waals surface area contributed by atoms with Crippen molar-refractivity contribution in [2.75, 3.05) is 11.9 Å². The molecule has 128 valence electrons. The van der Waals surface area contributed by atoms with Gasteiger partial charge >= 0.3 is 0 Å². The van der Waals surface area contributed by atoms with E-state index in [-0.39, 0.29) is 18.4 Å². The first-order valence-electron chi connectivity index (χ1n) is 7.82. The van der Waals surface area contributed by atoms with Crippen molar-refractivity contribution >= 4 is 28.8 Å². The third-order valence-electron chi connectivity index (χ3n) is 3.53. The van der Waals surface area contributed by atoms with Crippen LogP contribution in [0, 0.1) is 12.3 Å². The number of amides is 2. The third-order valence-corrected chi connectivity index (χ3v) is 4.42. The fourth-order valence-electron chi connectivity index (χ4n) is 2.29. The summed E-state index contributed by atoms with van der Waals surface area (Å²) in [5.74, 6) is 1.63. The van der Waals surface area contributed by atoms with Crippen molar-refractivity contribution in [1.29, 1.82) is 0 Å². The smallest absolute Gasteiger partial charge is 0.275 e. The number of rotatable bonds is 5. The van der Waals surface area contributed by atoms with E-state index in [4.69, 9.17) is 6.42 Å². The first-order valence-corrected chi connectivity index (χ1v) is 8.70. The Morgan fingerprint density at radius 3 is 2.54 bits per heavy atom. The van der Waals surface area contributed by atoms with Crippen molar-refractivity contribution < 1.29 is 9.59 Å². The molecule has 0 fully saturated rings. The van der Waals surface area contributed by atoms with Gasteiger partial charge in [0.1, 0.15) is 10.7 Å². The minimum absolute atomic E-state index is 0.119. The molecule has 5 nitrogen and oxygen atoms in total. The van der Waals surface area contributed by atoms with Crippen LogP contribution in [0.15, 0.2) is 60.0 Å². The summed E-state index contributed by atoms with van der Waals surface area (Å²) in [5.41, 5.74) is 1.99. The van der Waals surface area contributed by atoms with E-state index in [2.05, 4.69) is 21.5 Å². The molecule has 0 saturated carbocycles. The molecule has 0 aliphatic carbocycles. The van der Waals surface area contributed by atoms with Crippen LogP contribution in [-0.4, -0.2) is 23.3 Å². The van der Waals surface area contributed by atoms with Crippen molar-refractivity contribution in [2.45, 2.75) is 0 Å². The van der Waals surface area contributed by atoms with Crippen LogP contribution in [0.2, 0.25) is 0 Å². The quantitative estimate of drug-likeness (QED) is 0.684. The number of benzene rings is 2. The van der Waals surface area contributed by atoms with Gasteiger partial charge in [0.25, 0.3) is 11.8 Å². The molecule has 3 aromatic rings. The van der Waals surface area contributed by atoms with E-state index in [1.54, 1.807) is 29.6 Å². The van der Waals surface area contributed by atoms with Gasteiger partial charge in [-0.25, -0.2) is 4.98 Å². The van der Waals surface area contributed by atoms with Crippen molar-refractivity contribution in [3.8, 4) is 22.9 Å². The molecular formula is C20H15N3O2S. The van der Waals surface area contributed by atoms with Crippen LogP contribution < -0.4 is 10.6 Å². The molecule has 26 heavy (non-hydrogen) atoms. The lowest BCUT2D eigenvalue weighted by Crippen LogP contribution is -2.25. The lowest BCUT2D eigenvalue weighted by molar-refractivity contribution is 0.0959. The van der Waals surface area contributed by atoms with Gasteiger partial charge in [-0.15, -0.1) is 17.8 Å². The van der Waals surface area contributed by atoms with E-state index in [0.29, 0.717) is 16.9 Å². The zero-order chi connectivity index (χ0) is 18.4. The summed E-state index contributed by atoms with van der Waals surface area (Å²) in [7, 11) is 0. The Bertz CT molecular complexity index is 974. The van der Waals surface area contributed by atoms with E-state index in [9.17, 15) is 9.59 Å². The lowest BCUT2D eigenvalue weighted by Gasteiger charge is -2.09. The van der Waals surface area contributed by atoms with E-state index in [1.807, 2.05) is 30.3 Å². The van der Waals surface area contributed by atoms with Crippen LogP contribution in [0.5, 0.6) is 0 Å². The first-order chi connectivity index (χ1) is 12.7. The molecule has 0 aliphatic rings. The van der Waals surface area contributed by atoms with Gasteiger partial charge in [-0.1, -0.05) is 48.4 Å². The number of aromatic nitrogens is 1. The molecule has 2 aromatic carbocycles. The van der Waals surface area contributed by atoms with Crippen molar-refractivity contribution in [1.82, 2.24) is 10.3 Å². The van der Waals surface area contributed by atoms with E-state index < -0.39 is 0 Å². The van der Waals surface area contributed by atoms with Crippen LogP contribution >= 0.6 is 11.3 Å². The molecule has 0 atom stereocenters. The number of carbonyl (C=O) groups is 2. The molecule has 0 bridgehead atoms. The average molecular weight is 361 g/mol. The molecule has 0 unspecified atom stereocenters. The lowest BCUT2D eigenvalue weighted by atomic mass is 10.1. The minimum atomic E-state index is -0.374.